The summed E-state index contributed by atoms with van der Waals surface area (Å²) < 4.78 is 5.43. The van der Waals surface area contributed by atoms with Crippen LogP contribution in [0.15, 0.2) is 48.5 Å². The van der Waals surface area contributed by atoms with Crippen molar-refractivity contribution in [2.75, 3.05) is 32.8 Å². The number of nitrogens with two attached hydrogens (primary N) is 1. The molecule has 0 fully saturated rings. The maximum absolute atomic E-state index is 12.5. The molecule has 0 radical (unpaired) electrons. The number of carbonyl (C=O) groups is 3. The number of benzene rings is 2. The number of ether oxygens (including phenoxy) is 1. The first-order chi connectivity index (χ1) is 14.0. The second-order valence-electron chi connectivity index (χ2n) is 6.69. The zero-order chi connectivity index (χ0) is 20.8. The number of hydrogen-bond donors (Lipinski definition) is 3. The van der Waals surface area contributed by atoms with Crippen molar-refractivity contribution < 1.29 is 24.2 Å². The minimum absolute atomic E-state index is 0.0490. The first-order valence-corrected chi connectivity index (χ1v) is 9.29. The number of fused-ring (bicyclic) bond motifs is 3. The van der Waals surface area contributed by atoms with Crippen LogP contribution in [0.1, 0.15) is 17.0 Å². The van der Waals surface area contributed by atoms with Crippen LogP contribution in [-0.4, -0.2) is 60.8 Å². The van der Waals surface area contributed by atoms with Gasteiger partial charge in [0, 0.05) is 19.0 Å². The van der Waals surface area contributed by atoms with Gasteiger partial charge >= 0.3 is 12.1 Å². The van der Waals surface area contributed by atoms with Gasteiger partial charge in [0.25, 0.3) is 0 Å². The normalized spacial score (nSPS) is 12.0. The van der Waals surface area contributed by atoms with Crippen molar-refractivity contribution in [2.45, 2.75) is 5.92 Å². The monoisotopic (exact) mass is 397 g/mol. The molecule has 0 saturated heterocycles. The van der Waals surface area contributed by atoms with Gasteiger partial charge in [-0.25, -0.2) is 4.79 Å². The van der Waals surface area contributed by atoms with Gasteiger partial charge < -0.3 is 20.9 Å². The Kier molecular flexibility index (Phi) is 6.46. The number of carbonyl (C=O) groups excluding carboxylic acids is 2. The maximum Gasteiger partial charge on any atom is 0.410 e. The van der Waals surface area contributed by atoms with Crippen LogP contribution in [-0.2, 0) is 14.3 Å². The molecule has 1 aliphatic rings. The van der Waals surface area contributed by atoms with Crippen molar-refractivity contribution in [3.8, 4) is 11.1 Å². The standard InChI is InChI=1S/C21H23N3O5/c22-9-10-23-19(25)11-24(12-20(26)27)21(28)29-13-18-16-7-3-1-5-14(16)15-6-2-4-8-17(15)18/h1-8,18H,9-13,22H2,(H,23,25)(H,26,27). The number of hydrogen-bond acceptors (Lipinski definition) is 5. The first-order valence-electron chi connectivity index (χ1n) is 9.29. The van der Waals surface area contributed by atoms with Gasteiger partial charge in [-0.05, 0) is 22.3 Å². The van der Waals surface area contributed by atoms with Crippen LogP contribution in [0.5, 0.6) is 0 Å². The van der Waals surface area contributed by atoms with Crippen LogP contribution in [0.3, 0.4) is 0 Å². The van der Waals surface area contributed by atoms with Crippen molar-refractivity contribution >= 4 is 18.0 Å². The highest BCUT2D eigenvalue weighted by Gasteiger charge is 2.30. The van der Waals surface area contributed by atoms with Crippen LogP contribution in [0, 0.1) is 0 Å². The smallest absolute Gasteiger partial charge is 0.410 e. The van der Waals surface area contributed by atoms with E-state index in [1.807, 2.05) is 48.5 Å². The van der Waals surface area contributed by atoms with Gasteiger partial charge in [-0.2, -0.15) is 0 Å². The van der Waals surface area contributed by atoms with E-state index in [4.69, 9.17) is 15.6 Å². The Hall–Kier alpha value is -3.39. The fourth-order valence-electron chi connectivity index (χ4n) is 3.47. The largest absolute Gasteiger partial charge is 0.480 e. The van der Waals surface area contributed by atoms with E-state index in [1.165, 1.54) is 0 Å². The highest BCUT2D eigenvalue weighted by molar-refractivity contribution is 5.85. The van der Waals surface area contributed by atoms with E-state index < -0.39 is 31.1 Å². The average Bonchev–Trinajstić information content (AvgIpc) is 3.03. The molecule has 1 aliphatic carbocycles. The van der Waals surface area contributed by atoms with Crippen LogP contribution < -0.4 is 11.1 Å². The third-order valence-corrected chi connectivity index (χ3v) is 4.72. The molecular weight excluding hydrogens is 374 g/mol. The lowest BCUT2D eigenvalue weighted by Gasteiger charge is -2.21. The van der Waals surface area contributed by atoms with Gasteiger partial charge in [0.1, 0.15) is 19.7 Å². The molecular formula is C21H23N3O5. The Morgan fingerprint density at radius 1 is 1.00 bits per heavy atom. The van der Waals surface area contributed by atoms with E-state index in [0.717, 1.165) is 27.2 Å². The summed E-state index contributed by atoms with van der Waals surface area (Å²) in [6.07, 6.45) is -0.850. The maximum atomic E-state index is 12.5. The summed E-state index contributed by atoms with van der Waals surface area (Å²) in [5.74, 6) is -1.88. The fourth-order valence-corrected chi connectivity index (χ4v) is 3.47. The molecule has 0 unspecified atom stereocenters. The topological polar surface area (TPSA) is 122 Å². The first kappa shape index (κ1) is 20.3. The van der Waals surface area contributed by atoms with Crippen LogP contribution in [0.25, 0.3) is 11.1 Å². The molecule has 0 bridgehead atoms. The fraction of sp³-hybridized carbons (Fsp3) is 0.286. The van der Waals surface area contributed by atoms with Crippen molar-refractivity contribution in [3.63, 3.8) is 0 Å². The highest BCUT2D eigenvalue weighted by Crippen LogP contribution is 2.44. The number of nitrogens with zero attached hydrogens (tertiary/aromatic N) is 1. The molecule has 0 heterocycles. The van der Waals surface area contributed by atoms with E-state index in [-0.39, 0.29) is 25.6 Å². The van der Waals surface area contributed by atoms with Gasteiger partial charge in [0.15, 0.2) is 0 Å². The molecule has 0 spiro atoms. The lowest BCUT2D eigenvalue weighted by atomic mass is 9.98. The van der Waals surface area contributed by atoms with Gasteiger partial charge in [0.05, 0.1) is 0 Å². The zero-order valence-electron chi connectivity index (χ0n) is 15.8. The number of carboxylic acids is 1. The summed E-state index contributed by atoms with van der Waals surface area (Å²) >= 11 is 0. The molecule has 3 rings (SSSR count). The Bertz CT molecular complexity index is 869. The Labute approximate surface area is 168 Å². The SMILES string of the molecule is NCCNC(=O)CN(CC(=O)O)C(=O)OCC1c2ccccc2-c2ccccc21. The van der Waals surface area contributed by atoms with Gasteiger partial charge in [0.2, 0.25) is 5.91 Å². The van der Waals surface area contributed by atoms with E-state index in [1.54, 1.807) is 0 Å². The van der Waals surface area contributed by atoms with Crippen LogP contribution >= 0.6 is 0 Å². The molecule has 8 nitrogen and oxygen atoms in total. The number of carboxylic acid groups (broad SMARTS) is 1. The minimum atomic E-state index is -1.23. The number of aliphatic carboxylic acids is 1. The molecule has 29 heavy (non-hydrogen) atoms. The molecule has 4 N–H and O–H groups in total. The second kappa shape index (κ2) is 9.20. The molecule has 2 aromatic carbocycles. The summed E-state index contributed by atoms with van der Waals surface area (Å²) in [6, 6.07) is 15.8. The van der Waals surface area contributed by atoms with Crippen LogP contribution in [0.2, 0.25) is 0 Å². The molecule has 8 heteroatoms. The summed E-state index contributed by atoms with van der Waals surface area (Å²) in [5.41, 5.74) is 9.61. The highest BCUT2D eigenvalue weighted by atomic mass is 16.6. The average molecular weight is 397 g/mol. The number of amides is 2. The molecule has 2 amide bonds. The quantitative estimate of drug-likeness (QED) is 0.619. The van der Waals surface area contributed by atoms with E-state index in [0.29, 0.717) is 0 Å². The van der Waals surface area contributed by atoms with Gasteiger partial charge in [-0.3, -0.25) is 14.5 Å². The van der Waals surface area contributed by atoms with E-state index in [2.05, 4.69) is 5.32 Å². The second-order valence-corrected chi connectivity index (χ2v) is 6.69. The van der Waals surface area contributed by atoms with Crippen molar-refractivity contribution in [3.05, 3.63) is 59.7 Å². The van der Waals surface area contributed by atoms with Crippen LogP contribution in [0.4, 0.5) is 4.79 Å². The molecule has 0 aliphatic heterocycles. The predicted molar refractivity (Wildman–Crippen MR) is 106 cm³/mol. The predicted octanol–water partition coefficient (Wildman–Crippen LogP) is 1.40. The lowest BCUT2D eigenvalue weighted by molar-refractivity contribution is -0.138. The Morgan fingerprint density at radius 2 is 1.59 bits per heavy atom. The Morgan fingerprint density at radius 3 is 2.14 bits per heavy atom. The molecule has 0 saturated carbocycles. The van der Waals surface area contributed by atoms with E-state index in [9.17, 15) is 14.4 Å². The molecule has 0 aromatic heterocycles. The molecule has 2 aromatic rings. The summed E-state index contributed by atoms with van der Waals surface area (Å²) in [6.45, 7) is -0.511. The number of rotatable bonds is 8. The lowest BCUT2D eigenvalue weighted by Crippen LogP contribution is -2.44. The minimum Gasteiger partial charge on any atom is -0.480 e. The summed E-state index contributed by atoms with van der Waals surface area (Å²) in [5, 5.41) is 11.6. The van der Waals surface area contributed by atoms with E-state index >= 15 is 0 Å². The number of nitrogens with one attached hydrogen (secondary N) is 1. The van der Waals surface area contributed by atoms with Crippen molar-refractivity contribution in [1.29, 1.82) is 0 Å². The zero-order valence-corrected chi connectivity index (χ0v) is 15.8. The van der Waals surface area contributed by atoms with Crippen molar-refractivity contribution in [1.82, 2.24) is 10.2 Å². The molecule has 152 valence electrons. The third-order valence-electron chi connectivity index (χ3n) is 4.72. The third kappa shape index (κ3) is 4.72. The molecule has 0 atom stereocenters. The summed E-state index contributed by atoms with van der Waals surface area (Å²) in [7, 11) is 0. The summed E-state index contributed by atoms with van der Waals surface area (Å²) in [4.78, 5) is 36.3. The van der Waals surface area contributed by atoms with Gasteiger partial charge in [-0.15, -0.1) is 0 Å². The van der Waals surface area contributed by atoms with Gasteiger partial charge in [-0.1, -0.05) is 48.5 Å². The Balaban J connectivity index is 1.71. The van der Waals surface area contributed by atoms with Crippen molar-refractivity contribution in [2.24, 2.45) is 5.73 Å².